The van der Waals surface area contributed by atoms with Crippen LogP contribution in [0.5, 0.6) is 0 Å². The number of hydrogen-bond acceptors (Lipinski definition) is 3. The number of rotatable bonds is 3. The molecule has 25 heavy (non-hydrogen) atoms. The lowest BCUT2D eigenvalue weighted by Gasteiger charge is -2.08. The minimum absolute atomic E-state index is 0.534. The van der Waals surface area contributed by atoms with Gasteiger partial charge in [-0.15, -0.1) is 0 Å². The van der Waals surface area contributed by atoms with Crippen LogP contribution in [-0.2, 0) is 6.18 Å². The number of H-pyrrole nitrogens is 2. The number of imidazole rings is 2. The highest BCUT2D eigenvalue weighted by Gasteiger charge is 2.29. The van der Waals surface area contributed by atoms with E-state index < -0.39 is 11.7 Å². The average molecular weight is 343 g/mol. The van der Waals surface area contributed by atoms with Gasteiger partial charge in [0.1, 0.15) is 11.6 Å². The van der Waals surface area contributed by atoms with Crippen LogP contribution in [0.3, 0.4) is 0 Å². The summed E-state index contributed by atoms with van der Waals surface area (Å²) in [6.07, 6.45) is -1.14. The number of alkyl halides is 3. The molecule has 0 amide bonds. The van der Waals surface area contributed by atoms with E-state index in [1.165, 1.54) is 12.1 Å². The molecule has 0 saturated carbocycles. The van der Waals surface area contributed by atoms with Crippen molar-refractivity contribution in [3.05, 3.63) is 60.6 Å². The van der Waals surface area contributed by atoms with Crippen LogP contribution < -0.4 is 5.32 Å². The number of fused-ring (bicyclic) bond motifs is 1. The zero-order valence-corrected chi connectivity index (χ0v) is 12.7. The second kappa shape index (κ2) is 5.66. The highest BCUT2D eigenvalue weighted by atomic mass is 19.4. The number of halogens is 3. The Labute approximate surface area is 139 Å². The monoisotopic (exact) mass is 343 g/mol. The molecule has 0 radical (unpaired) electrons. The predicted octanol–water partition coefficient (Wildman–Crippen LogP) is 4.72. The second-order valence-electron chi connectivity index (χ2n) is 5.48. The van der Waals surface area contributed by atoms with Gasteiger partial charge < -0.3 is 15.3 Å². The Morgan fingerprint density at radius 1 is 0.960 bits per heavy atom. The third-order valence-electron chi connectivity index (χ3n) is 3.76. The molecule has 0 fully saturated rings. The Morgan fingerprint density at radius 2 is 1.76 bits per heavy atom. The van der Waals surface area contributed by atoms with Gasteiger partial charge in [0, 0.05) is 11.3 Å². The topological polar surface area (TPSA) is 69.4 Å². The molecule has 2 heterocycles. The number of anilines is 2. The fourth-order valence-electron chi connectivity index (χ4n) is 2.51. The molecule has 0 aliphatic carbocycles. The van der Waals surface area contributed by atoms with Gasteiger partial charge in [-0.2, -0.15) is 13.2 Å². The Balaban J connectivity index is 1.55. The molecule has 8 heteroatoms. The lowest BCUT2D eigenvalue weighted by Crippen LogP contribution is -2.04. The number of nitrogens with one attached hydrogen (secondary N) is 3. The zero-order chi connectivity index (χ0) is 17.4. The van der Waals surface area contributed by atoms with Crippen molar-refractivity contribution in [2.75, 3.05) is 5.32 Å². The summed E-state index contributed by atoms with van der Waals surface area (Å²) in [5.74, 6) is 1.23. The van der Waals surface area contributed by atoms with E-state index >= 15 is 0 Å². The summed E-state index contributed by atoms with van der Waals surface area (Å²) in [5.41, 5.74) is 2.48. The average Bonchev–Trinajstić information content (AvgIpc) is 3.22. The molecule has 0 saturated heterocycles. The van der Waals surface area contributed by atoms with E-state index in [-0.39, 0.29) is 0 Å². The molecule has 0 atom stereocenters. The molecule has 4 rings (SSSR count). The number of aromatic amines is 2. The van der Waals surface area contributed by atoms with E-state index in [1.807, 2.05) is 18.2 Å². The Hall–Kier alpha value is -3.29. The fraction of sp³-hybridized carbons (Fsp3) is 0.0588. The van der Waals surface area contributed by atoms with Gasteiger partial charge in [-0.1, -0.05) is 0 Å². The van der Waals surface area contributed by atoms with Gasteiger partial charge in [-0.3, -0.25) is 0 Å². The number of benzene rings is 2. The Kier molecular flexibility index (Phi) is 3.45. The molecule has 2 aromatic carbocycles. The van der Waals surface area contributed by atoms with E-state index in [9.17, 15) is 13.2 Å². The molecule has 0 aliphatic heterocycles. The molecular formula is C17H12F3N5. The van der Waals surface area contributed by atoms with Crippen molar-refractivity contribution in [2.45, 2.75) is 6.18 Å². The standard InChI is InChI=1S/C17H12F3N5/c18-17(19,20)11-2-4-12(5-3-11)24-15-8-21-16(25-15)10-1-6-13-14(7-10)23-9-22-13/h1-9,24H,(H,21,25)(H,22,23). The quantitative estimate of drug-likeness (QED) is 0.504. The molecule has 3 N–H and O–H groups in total. The molecule has 4 aromatic rings. The van der Waals surface area contributed by atoms with E-state index in [2.05, 4.69) is 25.3 Å². The Bertz CT molecular complexity index is 1010. The van der Waals surface area contributed by atoms with E-state index in [0.717, 1.165) is 28.7 Å². The largest absolute Gasteiger partial charge is 0.416 e. The maximum absolute atomic E-state index is 12.6. The van der Waals surface area contributed by atoms with E-state index in [4.69, 9.17) is 0 Å². The highest BCUT2D eigenvalue weighted by molar-refractivity contribution is 5.80. The summed E-state index contributed by atoms with van der Waals surface area (Å²) in [5, 5.41) is 3.00. The van der Waals surface area contributed by atoms with Crippen LogP contribution in [0, 0.1) is 0 Å². The van der Waals surface area contributed by atoms with Gasteiger partial charge in [-0.25, -0.2) is 9.97 Å². The smallest absolute Gasteiger partial charge is 0.345 e. The maximum atomic E-state index is 12.6. The van der Waals surface area contributed by atoms with Crippen molar-refractivity contribution in [3.63, 3.8) is 0 Å². The van der Waals surface area contributed by atoms with Crippen LogP contribution in [0.15, 0.2) is 55.0 Å². The molecule has 0 spiro atoms. The summed E-state index contributed by atoms with van der Waals surface area (Å²) in [6.45, 7) is 0. The fourth-order valence-corrected chi connectivity index (χ4v) is 2.51. The molecular weight excluding hydrogens is 331 g/mol. The first-order valence-corrected chi connectivity index (χ1v) is 7.42. The van der Waals surface area contributed by atoms with Gasteiger partial charge in [0.2, 0.25) is 0 Å². The minimum Gasteiger partial charge on any atom is -0.345 e. The van der Waals surface area contributed by atoms with Crippen molar-refractivity contribution >= 4 is 22.5 Å². The van der Waals surface area contributed by atoms with Crippen molar-refractivity contribution in [1.82, 2.24) is 19.9 Å². The van der Waals surface area contributed by atoms with Crippen molar-refractivity contribution in [1.29, 1.82) is 0 Å². The Morgan fingerprint density at radius 3 is 2.52 bits per heavy atom. The summed E-state index contributed by atoms with van der Waals surface area (Å²) < 4.78 is 37.7. The predicted molar refractivity (Wildman–Crippen MR) is 88.4 cm³/mol. The van der Waals surface area contributed by atoms with Gasteiger partial charge in [0.25, 0.3) is 0 Å². The maximum Gasteiger partial charge on any atom is 0.416 e. The number of aromatic nitrogens is 4. The lowest BCUT2D eigenvalue weighted by atomic mass is 10.2. The molecule has 126 valence electrons. The molecule has 0 aliphatic rings. The van der Waals surface area contributed by atoms with Gasteiger partial charge in [0.15, 0.2) is 0 Å². The van der Waals surface area contributed by atoms with Crippen LogP contribution in [-0.4, -0.2) is 19.9 Å². The zero-order valence-electron chi connectivity index (χ0n) is 12.7. The normalized spacial score (nSPS) is 11.8. The summed E-state index contributed by atoms with van der Waals surface area (Å²) in [7, 11) is 0. The molecule has 0 unspecified atom stereocenters. The minimum atomic E-state index is -4.34. The van der Waals surface area contributed by atoms with Gasteiger partial charge >= 0.3 is 6.18 Å². The summed E-state index contributed by atoms with van der Waals surface area (Å²) >= 11 is 0. The van der Waals surface area contributed by atoms with Crippen LogP contribution in [0.25, 0.3) is 22.4 Å². The third-order valence-corrected chi connectivity index (χ3v) is 3.76. The summed E-state index contributed by atoms with van der Waals surface area (Å²) in [6, 6.07) is 10.5. The van der Waals surface area contributed by atoms with E-state index in [0.29, 0.717) is 17.3 Å². The first kappa shape index (κ1) is 15.3. The van der Waals surface area contributed by atoms with Crippen molar-refractivity contribution < 1.29 is 13.2 Å². The molecule has 0 bridgehead atoms. The first-order valence-electron chi connectivity index (χ1n) is 7.42. The number of hydrogen-bond donors (Lipinski definition) is 3. The SMILES string of the molecule is FC(F)(F)c1ccc(Nc2cnc(-c3ccc4nc[nH]c4c3)[nH]2)cc1. The summed E-state index contributed by atoms with van der Waals surface area (Å²) in [4.78, 5) is 14.6. The van der Waals surface area contributed by atoms with Crippen molar-refractivity contribution in [2.24, 2.45) is 0 Å². The lowest BCUT2D eigenvalue weighted by molar-refractivity contribution is -0.137. The third kappa shape index (κ3) is 3.06. The first-order chi connectivity index (χ1) is 12.0. The van der Waals surface area contributed by atoms with Gasteiger partial charge in [-0.05, 0) is 42.5 Å². The van der Waals surface area contributed by atoms with Crippen LogP contribution in [0.4, 0.5) is 24.7 Å². The van der Waals surface area contributed by atoms with E-state index in [1.54, 1.807) is 12.5 Å². The van der Waals surface area contributed by atoms with Crippen LogP contribution >= 0.6 is 0 Å². The molecule has 5 nitrogen and oxygen atoms in total. The highest BCUT2D eigenvalue weighted by Crippen LogP contribution is 2.30. The number of nitrogens with zero attached hydrogens (tertiary/aromatic N) is 2. The second-order valence-corrected chi connectivity index (χ2v) is 5.48. The van der Waals surface area contributed by atoms with Crippen LogP contribution in [0.1, 0.15) is 5.56 Å². The molecule has 2 aromatic heterocycles. The van der Waals surface area contributed by atoms with Gasteiger partial charge in [0.05, 0.1) is 29.1 Å². The van der Waals surface area contributed by atoms with Crippen LogP contribution in [0.2, 0.25) is 0 Å². The van der Waals surface area contributed by atoms with Crippen molar-refractivity contribution in [3.8, 4) is 11.4 Å².